The number of nitrogens with zero attached hydrogens (tertiary/aromatic N) is 1. The lowest BCUT2D eigenvalue weighted by Gasteiger charge is -2.25. The number of rotatable bonds is 6. The summed E-state index contributed by atoms with van der Waals surface area (Å²) in [5.74, 6) is 0. The largest absolute Gasteiger partial charge is 0.378 e. The number of methoxy groups -OCH3 is 1. The van der Waals surface area contributed by atoms with Gasteiger partial charge < -0.3 is 15.2 Å². The van der Waals surface area contributed by atoms with Gasteiger partial charge in [-0.1, -0.05) is 6.07 Å². The summed E-state index contributed by atoms with van der Waals surface area (Å²) >= 11 is 0. The standard InChI is InChI=1S/C12H19N3O4S/c1-18-12(4-5-19-9-12)8-15-20(16,17)11-3-2-10(6-13)7-14-11/h2-3,7,15H,4-6,8-9,13H2,1H3. The molecule has 1 atom stereocenters. The van der Waals surface area contributed by atoms with Crippen LogP contribution in [0.25, 0.3) is 0 Å². The average molecular weight is 301 g/mol. The first-order chi connectivity index (χ1) is 9.51. The third-order valence-electron chi connectivity index (χ3n) is 3.39. The summed E-state index contributed by atoms with van der Waals surface area (Å²) in [4.78, 5) is 3.91. The Morgan fingerprint density at radius 2 is 2.35 bits per heavy atom. The molecule has 1 aliphatic rings. The van der Waals surface area contributed by atoms with Crippen molar-refractivity contribution in [3.8, 4) is 0 Å². The van der Waals surface area contributed by atoms with E-state index < -0.39 is 15.6 Å². The van der Waals surface area contributed by atoms with Crippen LogP contribution in [0.15, 0.2) is 23.4 Å². The van der Waals surface area contributed by atoms with Crippen LogP contribution in [0, 0.1) is 0 Å². The molecule has 1 aliphatic heterocycles. The van der Waals surface area contributed by atoms with Crippen LogP contribution in [0.4, 0.5) is 0 Å². The molecule has 1 fully saturated rings. The van der Waals surface area contributed by atoms with Gasteiger partial charge in [0.25, 0.3) is 10.0 Å². The lowest BCUT2D eigenvalue weighted by atomic mass is 10.0. The van der Waals surface area contributed by atoms with Gasteiger partial charge >= 0.3 is 0 Å². The summed E-state index contributed by atoms with van der Waals surface area (Å²) in [7, 11) is -2.11. The van der Waals surface area contributed by atoms with Crippen molar-refractivity contribution in [1.29, 1.82) is 0 Å². The molecule has 0 amide bonds. The van der Waals surface area contributed by atoms with Crippen LogP contribution in [-0.2, 0) is 26.0 Å². The van der Waals surface area contributed by atoms with Crippen molar-refractivity contribution in [1.82, 2.24) is 9.71 Å². The molecule has 7 nitrogen and oxygen atoms in total. The molecule has 0 aromatic carbocycles. The van der Waals surface area contributed by atoms with Gasteiger partial charge in [-0.15, -0.1) is 0 Å². The molecule has 0 bridgehead atoms. The fourth-order valence-corrected chi connectivity index (χ4v) is 2.99. The van der Waals surface area contributed by atoms with Gasteiger partial charge in [0.15, 0.2) is 5.03 Å². The fraction of sp³-hybridized carbons (Fsp3) is 0.583. The lowest BCUT2D eigenvalue weighted by molar-refractivity contribution is -0.0120. The van der Waals surface area contributed by atoms with E-state index in [0.29, 0.717) is 26.2 Å². The maximum absolute atomic E-state index is 12.1. The topological polar surface area (TPSA) is 104 Å². The normalized spacial score (nSPS) is 23.1. The van der Waals surface area contributed by atoms with E-state index in [2.05, 4.69) is 9.71 Å². The van der Waals surface area contributed by atoms with E-state index in [0.717, 1.165) is 5.56 Å². The number of hydrogen-bond acceptors (Lipinski definition) is 6. The second kappa shape index (κ2) is 6.15. The zero-order chi connectivity index (χ0) is 14.6. The molecule has 112 valence electrons. The van der Waals surface area contributed by atoms with Gasteiger partial charge in [0.1, 0.15) is 5.60 Å². The molecule has 1 aromatic heterocycles. The highest BCUT2D eigenvalue weighted by atomic mass is 32.2. The van der Waals surface area contributed by atoms with Crippen LogP contribution in [0.3, 0.4) is 0 Å². The highest BCUT2D eigenvalue weighted by molar-refractivity contribution is 7.89. The van der Waals surface area contributed by atoms with Crippen LogP contribution in [-0.4, -0.2) is 45.9 Å². The van der Waals surface area contributed by atoms with Gasteiger partial charge in [-0.05, 0) is 11.6 Å². The Hall–Kier alpha value is -1.06. The Morgan fingerprint density at radius 1 is 1.55 bits per heavy atom. The zero-order valence-electron chi connectivity index (χ0n) is 11.3. The van der Waals surface area contributed by atoms with Gasteiger partial charge in [0, 0.05) is 39.4 Å². The highest BCUT2D eigenvalue weighted by Crippen LogP contribution is 2.22. The molecule has 0 aliphatic carbocycles. The molecule has 2 rings (SSSR count). The molecule has 2 heterocycles. The lowest BCUT2D eigenvalue weighted by Crippen LogP contribution is -2.45. The molecular weight excluding hydrogens is 282 g/mol. The quantitative estimate of drug-likeness (QED) is 0.742. The van der Waals surface area contributed by atoms with E-state index in [4.69, 9.17) is 15.2 Å². The van der Waals surface area contributed by atoms with E-state index in [1.807, 2.05) is 0 Å². The van der Waals surface area contributed by atoms with Gasteiger partial charge in [-0.25, -0.2) is 18.1 Å². The summed E-state index contributed by atoms with van der Waals surface area (Å²) in [5, 5.41) is -0.0279. The minimum atomic E-state index is -3.66. The Bertz CT molecular complexity index is 538. The number of pyridine rings is 1. The summed E-state index contributed by atoms with van der Waals surface area (Å²) in [6.07, 6.45) is 2.12. The molecule has 1 aromatic rings. The van der Waals surface area contributed by atoms with Crippen LogP contribution in [0.5, 0.6) is 0 Å². The molecular formula is C12H19N3O4S. The maximum atomic E-state index is 12.1. The van der Waals surface area contributed by atoms with Crippen molar-refractivity contribution in [2.75, 3.05) is 26.9 Å². The van der Waals surface area contributed by atoms with E-state index >= 15 is 0 Å². The summed E-state index contributed by atoms with van der Waals surface area (Å²) in [5.41, 5.74) is 5.64. The third-order valence-corrected chi connectivity index (χ3v) is 4.71. The molecule has 0 spiro atoms. The molecule has 3 N–H and O–H groups in total. The molecule has 8 heteroatoms. The van der Waals surface area contributed by atoms with Gasteiger partial charge in [-0.2, -0.15) is 0 Å². The first-order valence-corrected chi connectivity index (χ1v) is 7.77. The maximum Gasteiger partial charge on any atom is 0.258 e. The fourth-order valence-electron chi connectivity index (χ4n) is 1.95. The van der Waals surface area contributed by atoms with E-state index in [1.165, 1.54) is 12.3 Å². The van der Waals surface area contributed by atoms with Crippen molar-refractivity contribution < 1.29 is 17.9 Å². The first kappa shape index (κ1) is 15.3. The van der Waals surface area contributed by atoms with Crippen LogP contribution < -0.4 is 10.5 Å². The van der Waals surface area contributed by atoms with E-state index in [9.17, 15) is 8.42 Å². The number of ether oxygens (including phenoxy) is 2. The summed E-state index contributed by atoms with van der Waals surface area (Å²) in [6.45, 7) is 1.43. The molecule has 20 heavy (non-hydrogen) atoms. The minimum Gasteiger partial charge on any atom is -0.378 e. The molecule has 1 saturated heterocycles. The first-order valence-electron chi connectivity index (χ1n) is 6.29. The molecule has 0 radical (unpaired) electrons. The number of aromatic nitrogens is 1. The number of sulfonamides is 1. The molecule has 1 unspecified atom stereocenters. The van der Waals surface area contributed by atoms with E-state index in [1.54, 1.807) is 13.2 Å². The Balaban J connectivity index is 2.06. The monoisotopic (exact) mass is 301 g/mol. The highest BCUT2D eigenvalue weighted by Gasteiger charge is 2.36. The second-order valence-corrected chi connectivity index (χ2v) is 6.44. The van der Waals surface area contributed by atoms with Crippen LogP contribution >= 0.6 is 0 Å². The third kappa shape index (κ3) is 3.33. The van der Waals surface area contributed by atoms with Gasteiger partial charge in [0.2, 0.25) is 0 Å². The number of nitrogens with one attached hydrogen (secondary N) is 1. The second-order valence-electron chi connectivity index (χ2n) is 4.72. The van der Waals surface area contributed by atoms with Crippen molar-refractivity contribution in [2.45, 2.75) is 23.6 Å². The SMILES string of the molecule is COC1(CNS(=O)(=O)c2ccc(CN)cn2)CCOC1. The minimum absolute atomic E-state index is 0.0279. The van der Waals surface area contributed by atoms with Gasteiger partial charge in [0.05, 0.1) is 6.61 Å². The van der Waals surface area contributed by atoms with Crippen molar-refractivity contribution >= 4 is 10.0 Å². The van der Waals surface area contributed by atoms with Crippen molar-refractivity contribution in [2.24, 2.45) is 5.73 Å². The predicted octanol–water partition coefficient (Wildman–Crippen LogP) is -0.376. The Labute approximate surface area is 118 Å². The van der Waals surface area contributed by atoms with Crippen LogP contribution in [0.1, 0.15) is 12.0 Å². The average Bonchev–Trinajstić information content (AvgIpc) is 2.95. The predicted molar refractivity (Wildman–Crippen MR) is 72.5 cm³/mol. The Kier molecular flexibility index (Phi) is 4.71. The summed E-state index contributed by atoms with van der Waals surface area (Å²) < 4.78 is 37.5. The van der Waals surface area contributed by atoms with Crippen LogP contribution in [0.2, 0.25) is 0 Å². The zero-order valence-corrected chi connectivity index (χ0v) is 12.1. The Morgan fingerprint density at radius 3 is 2.85 bits per heavy atom. The van der Waals surface area contributed by atoms with Crippen molar-refractivity contribution in [3.63, 3.8) is 0 Å². The summed E-state index contributed by atoms with van der Waals surface area (Å²) in [6, 6.07) is 3.08. The number of nitrogens with two attached hydrogens (primary N) is 1. The van der Waals surface area contributed by atoms with Gasteiger partial charge in [-0.3, -0.25) is 0 Å². The van der Waals surface area contributed by atoms with Crippen molar-refractivity contribution in [3.05, 3.63) is 23.9 Å². The molecule has 0 saturated carbocycles. The number of hydrogen-bond donors (Lipinski definition) is 2. The smallest absolute Gasteiger partial charge is 0.258 e. The van der Waals surface area contributed by atoms with E-state index in [-0.39, 0.29) is 11.6 Å².